The Bertz CT molecular complexity index is 534. The Labute approximate surface area is 135 Å². The molecule has 128 valence electrons. The Kier molecular flexibility index (Phi) is 6.43. The van der Waals surface area contributed by atoms with E-state index in [-0.39, 0.29) is 5.75 Å². The predicted octanol–water partition coefficient (Wildman–Crippen LogP) is 2.76. The van der Waals surface area contributed by atoms with Crippen LogP contribution in [0.2, 0.25) is 0 Å². The van der Waals surface area contributed by atoms with E-state index < -0.39 is 6.61 Å². The van der Waals surface area contributed by atoms with Crippen molar-refractivity contribution in [3.8, 4) is 11.5 Å². The Morgan fingerprint density at radius 2 is 2.13 bits per heavy atom. The molecule has 2 rings (SSSR count). The SMILES string of the molecule is CN=C(NCCC1CC1)NCc1cc(OC)ccc1OC(F)F. The molecule has 1 aliphatic carbocycles. The summed E-state index contributed by atoms with van der Waals surface area (Å²) in [5, 5.41) is 6.32. The van der Waals surface area contributed by atoms with Gasteiger partial charge < -0.3 is 20.1 Å². The van der Waals surface area contributed by atoms with Crippen LogP contribution in [0.4, 0.5) is 8.78 Å². The smallest absolute Gasteiger partial charge is 0.387 e. The van der Waals surface area contributed by atoms with Gasteiger partial charge in [-0.3, -0.25) is 4.99 Å². The van der Waals surface area contributed by atoms with Crippen LogP contribution in [-0.2, 0) is 6.54 Å². The van der Waals surface area contributed by atoms with Crippen molar-refractivity contribution >= 4 is 5.96 Å². The van der Waals surface area contributed by atoms with Gasteiger partial charge in [0.25, 0.3) is 0 Å². The van der Waals surface area contributed by atoms with Crippen molar-refractivity contribution < 1.29 is 18.3 Å². The minimum Gasteiger partial charge on any atom is -0.497 e. The van der Waals surface area contributed by atoms with Crippen molar-refractivity contribution in [3.63, 3.8) is 0 Å². The normalized spacial score (nSPS) is 14.7. The quantitative estimate of drug-likeness (QED) is 0.569. The molecule has 1 fully saturated rings. The van der Waals surface area contributed by atoms with Gasteiger partial charge in [0.2, 0.25) is 0 Å². The van der Waals surface area contributed by atoms with Crippen LogP contribution < -0.4 is 20.1 Å². The molecule has 0 aliphatic heterocycles. The first-order valence-electron chi connectivity index (χ1n) is 7.68. The molecule has 0 bridgehead atoms. The molecule has 5 nitrogen and oxygen atoms in total. The van der Waals surface area contributed by atoms with E-state index in [2.05, 4.69) is 20.4 Å². The summed E-state index contributed by atoms with van der Waals surface area (Å²) < 4.78 is 34.6. The lowest BCUT2D eigenvalue weighted by Gasteiger charge is -2.15. The lowest BCUT2D eigenvalue weighted by molar-refractivity contribution is -0.0504. The maximum absolute atomic E-state index is 12.5. The molecule has 23 heavy (non-hydrogen) atoms. The maximum atomic E-state index is 12.5. The summed E-state index contributed by atoms with van der Waals surface area (Å²) in [6, 6.07) is 4.73. The molecule has 0 spiro atoms. The Morgan fingerprint density at radius 3 is 2.74 bits per heavy atom. The third-order valence-electron chi connectivity index (χ3n) is 3.70. The Morgan fingerprint density at radius 1 is 1.35 bits per heavy atom. The molecule has 0 saturated heterocycles. The fraction of sp³-hybridized carbons (Fsp3) is 0.562. The highest BCUT2D eigenvalue weighted by Crippen LogP contribution is 2.31. The maximum Gasteiger partial charge on any atom is 0.387 e. The monoisotopic (exact) mass is 327 g/mol. The minimum atomic E-state index is -2.86. The van der Waals surface area contributed by atoms with Crippen LogP contribution in [0.25, 0.3) is 0 Å². The third-order valence-corrected chi connectivity index (χ3v) is 3.70. The second-order valence-electron chi connectivity index (χ2n) is 5.44. The minimum absolute atomic E-state index is 0.127. The van der Waals surface area contributed by atoms with Gasteiger partial charge in [-0.15, -0.1) is 0 Å². The highest BCUT2D eigenvalue weighted by molar-refractivity contribution is 5.79. The number of nitrogens with one attached hydrogen (secondary N) is 2. The van der Waals surface area contributed by atoms with Crippen molar-refractivity contribution in [2.24, 2.45) is 10.9 Å². The zero-order valence-electron chi connectivity index (χ0n) is 13.4. The first kappa shape index (κ1) is 17.3. The van der Waals surface area contributed by atoms with E-state index in [4.69, 9.17) is 4.74 Å². The third kappa shape index (κ3) is 5.92. The molecule has 1 aliphatic rings. The molecule has 0 unspecified atom stereocenters. The van der Waals surface area contributed by atoms with E-state index in [1.807, 2.05) is 0 Å². The van der Waals surface area contributed by atoms with E-state index in [9.17, 15) is 8.78 Å². The standard InChI is InChI=1S/C16H23F2N3O2/c1-19-16(20-8-7-11-3-4-11)21-10-12-9-13(22-2)5-6-14(12)23-15(17)18/h5-6,9,11,15H,3-4,7-8,10H2,1-2H3,(H2,19,20,21). The molecule has 1 aromatic rings. The van der Waals surface area contributed by atoms with Crippen molar-refractivity contribution in [1.29, 1.82) is 0 Å². The van der Waals surface area contributed by atoms with Crippen LogP contribution in [0, 0.1) is 5.92 Å². The molecule has 0 heterocycles. The summed E-state index contributed by atoms with van der Waals surface area (Å²) in [4.78, 5) is 4.13. The van der Waals surface area contributed by atoms with Gasteiger partial charge in [0.1, 0.15) is 11.5 Å². The molecule has 0 aromatic heterocycles. The molecular weight excluding hydrogens is 304 g/mol. The topological polar surface area (TPSA) is 54.9 Å². The lowest BCUT2D eigenvalue weighted by Crippen LogP contribution is -2.37. The average Bonchev–Trinajstić information content (AvgIpc) is 3.35. The van der Waals surface area contributed by atoms with Crippen molar-refractivity contribution in [3.05, 3.63) is 23.8 Å². The van der Waals surface area contributed by atoms with Gasteiger partial charge in [0.05, 0.1) is 7.11 Å². The predicted molar refractivity (Wildman–Crippen MR) is 85.2 cm³/mol. The molecule has 1 saturated carbocycles. The van der Waals surface area contributed by atoms with E-state index in [1.54, 1.807) is 19.2 Å². The van der Waals surface area contributed by atoms with Gasteiger partial charge in [-0.1, -0.05) is 12.8 Å². The number of hydrogen-bond donors (Lipinski definition) is 2. The zero-order valence-corrected chi connectivity index (χ0v) is 13.4. The van der Waals surface area contributed by atoms with Crippen molar-refractivity contribution in [2.45, 2.75) is 32.4 Å². The molecule has 0 amide bonds. The number of rotatable bonds is 8. The Hall–Kier alpha value is -2.05. The number of ether oxygens (including phenoxy) is 2. The molecule has 2 N–H and O–H groups in total. The zero-order chi connectivity index (χ0) is 16.7. The highest BCUT2D eigenvalue weighted by Gasteiger charge is 2.20. The number of aliphatic imine (C=N–C) groups is 1. The van der Waals surface area contributed by atoms with Crippen LogP contribution in [0.5, 0.6) is 11.5 Å². The summed E-state index contributed by atoms with van der Waals surface area (Å²) in [6.45, 7) is -1.70. The van der Waals surface area contributed by atoms with E-state index in [0.717, 1.165) is 18.9 Å². The number of nitrogens with zero attached hydrogens (tertiary/aromatic N) is 1. The number of alkyl halides is 2. The van der Waals surface area contributed by atoms with Gasteiger partial charge in [-0.2, -0.15) is 8.78 Å². The van der Waals surface area contributed by atoms with Crippen LogP contribution in [-0.4, -0.2) is 33.3 Å². The van der Waals surface area contributed by atoms with Gasteiger partial charge in [-0.25, -0.2) is 0 Å². The number of methoxy groups -OCH3 is 1. The number of guanidine groups is 1. The summed E-state index contributed by atoms with van der Waals surface area (Å²) in [6.07, 6.45) is 3.75. The fourth-order valence-corrected chi connectivity index (χ4v) is 2.23. The average molecular weight is 327 g/mol. The molecule has 1 aromatic carbocycles. The van der Waals surface area contributed by atoms with Crippen LogP contribution in [0.15, 0.2) is 23.2 Å². The first-order valence-corrected chi connectivity index (χ1v) is 7.68. The van der Waals surface area contributed by atoms with Crippen molar-refractivity contribution in [2.75, 3.05) is 20.7 Å². The van der Waals surface area contributed by atoms with E-state index >= 15 is 0 Å². The highest BCUT2D eigenvalue weighted by atomic mass is 19.3. The second kappa shape index (κ2) is 8.55. The molecule has 0 atom stereocenters. The summed E-state index contributed by atoms with van der Waals surface area (Å²) in [5.74, 6) is 2.18. The van der Waals surface area contributed by atoms with Crippen LogP contribution in [0.1, 0.15) is 24.8 Å². The second-order valence-corrected chi connectivity index (χ2v) is 5.44. The van der Waals surface area contributed by atoms with Gasteiger partial charge in [0, 0.05) is 25.7 Å². The van der Waals surface area contributed by atoms with Crippen LogP contribution >= 0.6 is 0 Å². The van der Waals surface area contributed by atoms with Crippen LogP contribution in [0.3, 0.4) is 0 Å². The number of halogens is 2. The summed E-state index contributed by atoms with van der Waals surface area (Å²) in [5.41, 5.74) is 0.579. The molecule has 7 heteroatoms. The summed E-state index contributed by atoms with van der Waals surface area (Å²) in [7, 11) is 3.20. The van der Waals surface area contributed by atoms with Gasteiger partial charge >= 0.3 is 6.61 Å². The number of benzene rings is 1. The molecule has 0 radical (unpaired) electrons. The van der Waals surface area contributed by atoms with Crippen molar-refractivity contribution in [1.82, 2.24) is 10.6 Å². The van der Waals surface area contributed by atoms with E-state index in [1.165, 1.54) is 26.0 Å². The Balaban J connectivity index is 1.92. The number of hydrogen-bond acceptors (Lipinski definition) is 3. The first-order chi connectivity index (χ1) is 11.1. The lowest BCUT2D eigenvalue weighted by atomic mass is 10.2. The summed E-state index contributed by atoms with van der Waals surface area (Å²) >= 11 is 0. The van der Waals surface area contributed by atoms with Gasteiger partial charge in [-0.05, 0) is 30.5 Å². The molecular formula is C16H23F2N3O2. The van der Waals surface area contributed by atoms with E-state index in [0.29, 0.717) is 23.8 Å². The largest absolute Gasteiger partial charge is 0.497 e. The van der Waals surface area contributed by atoms with Gasteiger partial charge in [0.15, 0.2) is 5.96 Å². The fourth-order valence-electron chi connectivity index (χ4n) is 2.23.